The maximum absolute atomic E-state index is 12.8. The number of anilines is 1. The van der Waals surface area contributed by atoms with Gasteiger partial charge in [-0.05, 0) is 42.8 Å². The molecule has 0 aliphatic rings. The van der Waals surface area contributed by atoms with Gasteiger partial charge >= 0.3 is 6.18 Å². The standard InChI is InChI=1S/C19H20F3N3O4S/c1-2-3-10-17(26)23-24-18(27)13-6-4-9-16(11-13)30(28,29)25-15-8-5-7-14(12-15)19(20,21)22/h4-9,11-12,25H,2-3,10H2,1H3,(H,23,26)(H,24,27). The van der Waals surface area contributed by atoms with Crippen molar-refractivity contribution in [2.24, 2.45) is 0 Å². The third-order valence-electron chi connectivity index (χ3n) is 3.92. The number of halogens is 3. The molecule has 0 heterocycles. The summed E-state index contributed by atoms with van der Waals surface area (Å²) in [6.07, 6.45) is -2.94. The van der Waals surface area contributed by atoms with Gasteiger partial charge in [0.2, 0.25) is 5.91 Å². The van der Waals surface area contributed by atoms with Crippen molar-refractivity contribution in [1.29, 1.82) is 0 Å². The van der Waals surface area contributed by atoms with Crippen LogP contribution in [0.1, 0.15) is 42.1 Å². The Morgan fingerprint density at radius 3 is 2.37 bits per heavy atom. The van der Waals surface area contributed by atoms with Gasteiger partial charge in [-0.3, -0.25) is 25.2 Å². The average Bonchev–Trinajstić information content (AvgIpc) is 2.69. The fourth-order valence-corrected chi connectivity index (χ4v) is 3.47. The molecule has 0 spiro atoms. The number of hydrazine groups is 1. The molecule has 2 aromatic carbocycles. The molecule has 0 fully saturated rings. The number of benzene rings is 2. The fourth-order valence-electron chi connectivity index (χ4n) is 2.38. The second kappa shape index (κ2) is 9.61. The number of alkyl halides is 3. The molecule has 0 saturated heterocycles. The van der Waals surface area contributed by atoms with Crippen LogP contribution in [-0.4, -0.2) is 20.2 Å². The molecule has 0 atom stereocenters. The first-order chi connectivity index (χ1) is 14.0. The Labute approximate surface area is 171 Å². The van der Waals surface area contributed by atoms with Crippen LogP contribution in [0.15, 0.2) is 53.4 Å². The van der Waals surface area contributed by atoms with Gasteiger partial charge in [-0.25, -0.2) is 8.42 Å². The zero-order valence-corrected chi connectivity index (χ0v) is 16.7. The highest BCUT2D eigenvalue weighted by Gasteiger charge is 2.30. The molecular weight excluding hydrogens is 423 g/mol. The first kappa shape index (κ1) is 23.2. The molecule has 0 aromatic heterocycles. The number of carbonyl (C=O) groups is 2. The lowest BCUT2D eigenvalue weighted by molar-refractivity contribution is -0.137. The predicted octanol–water partition coefficient (Wildman–Crippen LogP) is 3.46. The largest absolute Gasteiger partial charge is 0.416 e. The third-order valence-corrected chi connectivity index (χ3v) is 5.30. The van der Waals surface area contributed by atoms with E-state index in [4.69, 9.17) is 0 Å². The number of nitrogens with one attached hydrogen (secondary N) is 3. The SMILES string of the molecule is CCCCC(=O)NNC(=O)c1cccc(S(=O)(=O)Nc2cccc(C(F)(F)F)c2)c1. The van der Waals surface area contributed by atoms with Crippen molar-refractivity contribution in [2.75, 3.05) is 4.72 Å². The van der Waals surface area contributed by atoms with Gasteiger partial charge in [-0.1, -0.05) is 25.5 Å². The van der Waals surface area contributed by atoms with E-state index in [2.05, 4.69) is 15.6 Å². The summed E-state index contributed by atoms with van der Waals surface area (Å²) < 4.78 is 65.5. The molecule has 2 rings (SSSR count). The fraction of sp³-hybridized carbons (Fsp3) is 0.263. The summed E-state index contributed by atoms with van der Waals surface area (Å²) in [7, 11) is -4.26. The van der Waals surface area contributed by atoms with E-state index >= 15 is 0 Å². The van der Waals surface area contributed by atoms with E-state index in [0.29, 0.717) is 12.5 Å². The highest BCUT2D eigenvalue weighted by Crippen LogP contribution is 2.31. The minimum Gasteiger partial charge on any atom is -0.280 e. The van der Waals surface area contributed by atoms with E-state index in [1.54, 1.807) is 0 Å². The van der Waals surface area contributed by atoms with Crippen molar-refractivity contribution in [3.05, 3.63) is 59.7 Å². The van der Waals surface area contributed by atoms with Crippen molar-refractivity contribution < 1.29 is 31.2 Å². The number of carbonyl (C=O) groups excluding carboxylic acids is 2. The smallest absolute Gasteiger partial charge is 0.280 e. The second-order valence-electron chi connectivity index (χ2n) is 6.32. The summed E-state index contributed by atoms with van der Waals surface area (Å²) in [4.78, 5) is 23.4. The highest BCUT2D eigenvalue weighted by atomic mass is 32.2. The third kappa shape index (κ3) is 6.48. The highest BCUT2D eigenvalue weighted by molar-refractivity contribution is 7.92. The summed E-state index contributed by atoms with van der Waals surface area (Å²) >= 11 is 0. The van der Waals surface area contributed by atoms with E-state index in [0.717, 1.165) is 24.6 Å². The van der Waals surface area contributed by atoms with Gasteiger partial charge in [-0.2, -0.15) is 13.2 Å². The van der Waals surface area contributed by atoms with Crippen molar-refractivity contribution in [2.45, 2.75) is 37.3 Å². The van der Waals surface area contributed by atoms with Crippen LogP contribution in [0.5, 0.6) is 0 Å². The van der Waals surface area contributed by atoms with Gasteiger partial charge in [0.25, 0.3) is 15.9 Å². The summed E-state index contributed by atoms with van der Waals surface area (Å²) in [5.74, 6) is -1.13. The van der Waals surface area contributed by atoms with Crippen LogP contribution in [0.25, 0.3) is 0 Å². The zero-order valence-electron chi connectivity index (χ0n) is 15.9. The zero-order chi connectivity index (χ0) is 22.4. The van der Waals surface area contributed by atoms with Crippen LogP contribution in [0.4, 0.5) is 18.9 Å². The van der Waals surface area contributed by atoms with Gasteiger partial charge in [0.15, 0.2) is 0 Å². The molecule has 0 saturated carbocycles. The number of hydrogen-bond donors (Lipinski definition) is 3. The normalized spacial score (nSPS) is 11.6. The Morgan fingerprint density at radius 1 is 1.00 bits per heavy atom. The first-order valence-corrected chi connectivity index (χ1v) is 10.4. The summed E-state index contributed by atoms with van der Waals surface area (Å²) in [5.41, 5.74) is 3.07. The molecule has 7 nitrogen and oxygen atoms in total. The summed E-state index contributed by atoms with van der Waals surface area (Å²) in [5, 5.41) is 0. The lowest BCUT2D eigenvalue weighted by Gasteiger charge is -2.12. The van der Waals surface area contributed by atoms with Crippen molar-refractivity contribution >= 4 is 27.5 Å². The quantitative estimate of drug-likeness (QED) is 0.570. The molecule has 0 unspecified atom stereocenters. The first-order valence-electron chi connectivity index (χ1n) is 8.92. The Morgan fingerprint density at radius 2 is 1.70 bits per heavy atom. The average molecular weight is 443 g/mol. The lowest BCUT2D eigenvalue weighted by Crippen LogP contribution is -2.41. The Balaban J connectivity index is 2.14. The van der Waals surface area contributed by atoms with E-state index in [1.165, 1.54) is 24.3 Å². The van der Waals surface area contributed by atoms with Crippen LogP contribution in [0, 0.1) is 0 Å². The van der Waals surface area contributed by atoms with Crippen LogP contribution in [0.3, 0.4) is 0 Å². The topological polar surface area (TPSA) is 104 Å². The Kier molecular flexibility index (Phi) is 7.43. The van der Waals surface area contributed by atoms with Crippen molar-refractivity contribution in [3.8, 4) is 0 Å². The second-order valence-corrected chi connectivity index (χ2v) is 8.00. The van der Waals surface area contributed by atoms with Gasteiger partial charge in [0.1, 0.15) is 0 Å². The van der Waals surface area contributed by atoms with E-state index in [-0.39, 0.29) is 28.5 Å². The van der Waals surface area contributed by atoms with Crippen LogP contribution >= 0.6 is 0 Å². The molecule has 2 aromatic rings. The molecule has 3 N–H and O–H groups in total. The Bertz CT molecular complexity index is 1020. The van der Waals surface area contributed by atoms with Gasteiger partial charge < -0.3 is 0 Å². The molecule has 11 heteroatoms. The maximum atomic E-state index is 12.8. The summed E-state index contributed by atoms with van der Waals surface area (Å²) in [6.45, 7) is 1.91. The molecule has 0 aliphatic heterocycles. The number of sulfonamides is 1. The van der Waals surface area contributed by atoms with Gasteiger partial charge in [0.05, 0.1) is 10.5 Å². The molecule has 162 valence electrons. The van der Waals surface area contributed by atoms with Crippen molar-refractivity contribution in [3.63, 3.8) is 0 Å². The van der Waals surface area contributed by atoms with E-state index in [9.17, 15) is 31.2 Å². The van der Waals surface area contributed by atoms with E-state index in [1.807, 2.05) is 6.92 Å². The number of hydrogen-bond acceptors (Lipinski definition) is 4. The van der Waals surface area contributed by atoms with Gasteiger partial charge in [0, 0.05) is 17.7 Å². The molecule has 0 radical (unpaired) electrons. The van der Waals surface area contributed by atoms with Crippen molar-refractivity contribution in [1.82, 2.24) is 10.9 Å². The molecule has 0 bridgehead atoms. The van der Waals surface area contributed by atoms with Crippen LogP contribution in [0.2, 0.25) is 0 Å². The molecule has 30 heavy (non-hydrogen) atoms. The number of rotatable bonds is 7. The Hall–Kier alpha value is -3.08. The predicted molar refractivity (Wildman–Crippen MR) is 104 cm³/mol. The number of amides is 2. The molecule has 2 amide bonds. The minimum atomic E-state index is -4.62. The minimum absolute atomic E-state index is 0.0577. The monoisotopic (exact) mass is 443 g/mol. The lowest BCUT2D eigenvalue weighted by atomic mass is 10.2. The van der Waals surface area contributed by atoms with Crippen LogP contribution < -0.4 is 15.6 Å². The molecular formula is C19H20F3N3O4S. The maximum Gasteiger partial charge on any atom is 0.416 e. The van der Waals surface area contributed by atoms with Gasteiger partial charge in [-0.15, -0.1) is 0 Å². The van der Waals surface area contributed by atoms with E-state index < -0.39 is 27.7 Å². The summed E-state index contributed by atoms with van der Waals surface area (Å²) in [6, 6.07) is 8.60. The molecule has 0 aliphatic carbocycles. The number of unbranched alkanes of at least 4 members (excludes halogenated alkanes) is 1. The van der Waals surface area contributed by atoms with Crippen LogP contribution in [-0.2, 0) is 21.0 Å².